The van der Waals surface area contributed by atoms with Gasteiger partial charge in [0.1, 0.15) is 11.5 Å². The largest absolute Gasteiger partial charge is 0.455 e. The number of ether oxygens (including phenoxy) is 1. The number of benzene rings is 1. The average Bonchev–Trinajstić information content (AvgIpc) is 2.41. The molecule has 4 nitrogen and oxygen atoms in total. The summed E-state index contributed by atoms with van der Waals surface area (Å²) in [6.07, 6.45) is 3.97. The van der Waals surface area contributed by atoms with Crippen LogP contribution in [0.4, 0.5) is 5.69 Å². The maximum Gasteiger partial charge on any atom is 0.147 e. The van der Waals surface area contributed by atoms with Gasteiger partial charge in [0.05, 0.1) is 18.1 Å². The number of aliphatic hydroxyl groups is 1. The Bertz CT molecular complexity index is 515. The number of para-hydroxylation sites is 1. The summed E-state index contributed by atoms with van der Waals surface area (Å²) in [5.74, 6) is 1.42. The number of aromatic nitrogens is 1. The molecule has 2 N–H and O–H groups in total. The van der Waals surface area contributed by atoms with Gasteiger partial charge in [-0.1, -0.05) is 18.2 Å². The lowest BCUT2D eigenvalue weighted by Crippen LogP contribution is -1.96. The minimum absolute atomic E-state index is 0.106. The summed E-state index contributed by atoms with van der Waals surface area (Å²) in [6, 6.07) is 9.55. The Labute approximate surface area is 106 Å². The number of pyridine rings is 1. The molecule has 0 amide bonds. The van der Waals surface area contributed by atoms with Crippen LogP contribution in [0, 0.1) is 0 Å². The van der Waals surface area contributed by atoms with Crippen LogP contribution in [0.15, 0.2) is 42.7 Å². The minimum atomic E-state index is 0.106. The van der Waals surface area contributed by atoms with Gasteiger partial charge >= 0.3 is 0 Å². The maximum atomic E-state index is 9.01. The number of nitrogens with one attached hydrogen (secondary N) is 1. The molecule has 94 valence electrons. The maximum absolute atomic E-state index is 9.01. The van der Waals surface area contributed by atoms with Gasteiger partial charge in [-0.3, -0.25) is 4.98 Å². The molecule has 2 rings (SSSR count). The van der Waals surface area contributed by atoms with Crippen LogP contribution in [0.25, 0.3) is 0 Å². The van der Waals surface area contributed by atoms with Gasteiger partial charge in [0, 0.05) is 19.7 Å². The fraction of sp³-hybridized carbons (Fsp3) is 0.214. The third kappa shape index (κ3) is 2.99. The zero-order valence-electron chi connectivity index (χ0n) is 10.3. The summed E-state index contributed by atoms with van der Waals surface area (Å²) in [5.41, 5.74) is 1.88. The van der Waals surface area contributed by atoms with Crippen molar-refractivity contribution in [2.75, 3.05) is 19.0 Å². The smallest absolute Gasteiger partial charge is 0.147 e. The Balaban J connectivity index is 2.22. The fourth-order valence-electron chi connectivity index (χ4n) is 1.67. The van der Waals surface area contributed by atoms with Gasteiger partial charge in [-0.25, -0.2) is 0 Å². The molecule has 0 aliphatic carbocycles. The molecule has 4 heteroatoms. The van der Waals surface area contributed by atoms with E-state index in [1.54, 1.807) is 12.4 Å². The van der Waals surface area contributed by atoms with E-state index in [0.29, 0.717) is 12.2 Å². The molecule has 0 aliphatic rings. The highest BCUT2D eigenvalue weighted by Gasteiger charge is 2.04. The lowest BCUT2D eigenvalue weighted by atomic mass is 10.1. The summed E-state index contributed by atoms with van der Waals surface area (Å²) in [6.45, 7) is 0.106. The SMILES string of the molecule is CNc1cncc(Oc2ccccc2CCO)c1. The van der Waals surface area contributed by atoms with E-state index in [1.807, 2.05) is 37.4 Å². The highest BCUT2D eigenvalue weighted by molar-refractivity contribution is 5.46. The van der Waals surface area contributed by atoms with Crippen LogP contribution in [0.1, 0.15) is 5.56 Å². The van der Waals surface area contributed by atoms with Crippen molar-refractivity contribution in [3.8, 4) is 11.5 Å². The van der Waals surface area contributed by atoms with Crippen LogP contribution in [-0.2, 0) is 6.42 Å². The first-order valence-corrected chi connectivity index (χ1v) is 5.83. The quantitative estimate of drug-likeness (QED) is 0.848. The monoisotopic (exact) mass is 244 g/mol. The van der Waals surface area contributed by atoms with Gasteiger partial charge in [0.15, 0.2) is 0 Å². The van der Waals surface area contributed by atoms with E-state index in [1.165, 1.54) is 0 Å². The van der Waals surface area contributed by atoms with Crippen molar-refractivity contribution in [1.82, 2.24) is 4.98 Å². The standard InChI is InChI=1S/C14H16N2O2/c1-15-12-8-13(10-16-9-12)18-14-5-3-2-4-11(14)6-7-17/h2-5,8-10,15,17H,6-7H2,1H3. The molecule has 2 aromatic rings. The van der Waals surface area contributed by atoms with Crippen LogP contribution in [-0.4, -0.2) is 23.7 Å². The van der Waals surface area contributed by atoms with E-state index in [4.69, 9.17) is 9.84 Å². The van der Waals surface area contributed by atoms with Crippen LogP contribution in [0.3, 0.4) is 0 Å². The van der Waals surface area contributed by atoms with Crippen LogP contribution >= 0.6 is 0 Å². The van der Waals surface area contributed by atoms with Crippen molar-refractivity contribution in [2.24, 2.45) is 0 Å². The summed E-state index contributed by atoms with van der Waals surface area (Å²) in [5, 5.41) is 12.0. The Morgan fingerprint density at radius 1 is 1.28 bits per heavy atom. The average molecular weight is 244 g/mol. The van der Waals surface area contributed by atoms with Gasteiger partial charge < -0.3 is 15.2 Å². The van der Waals surface area contributed by atoms with E-state index < -0.39 is 0 Å². The van der Waals surface area contributed by atoms with Crippen molar-refractivity contribution in [2.45, 2.75) is 6.42 Å². The molecule has 0 radical (unpaired) electrons. The summed E-state index contributed by atoms with van der Waals surface area (Å²) in [4.78, 5) is 4.09. The lowest BCUT2D eigenvalue weighted by molar-refractivity contribution is 0.298. The number of anilines is 1. The van der Waals surface area contributed by atoms with E-state index in [9.17, 15) is 0 Å². The zero-order chi connectivity index (χ0) is 12.8. The Morgan fingerprint density at radius 3 is 2.89 bits per heavy atom. The van der Waals surface area contributed by atoms with Gasteiger partial charge in [0.2, 0.25) is 0 Å². The van der Waals surface area contributed by atoms with E-state index in [0.717, 1.165) is 17.0 Å². The molecule has 1 aromatic carbocycles. The molecule has 0 saturated carbocycles. The normalized spacial score (nSPS) is 10.1. The topological polar surface area (TPSA) is 54.4 Å². The van der Waals surface area contributed by atoms with Crippen molar-refractivity contribution in [3.05, 3.63) is 48.3 Å². The summed E-state index contributed by atoms with van der Waals surface area (Å²) >= 11 is 0. The number of aliphatic hydroxyl groups excluding tert-OH is 1. The first-order chi connectivity index (χ1) is 8.83. The summed E-state index contributed by atoms with van der Waals surface area (Å²) < 4.78 is 5.79. The number of rotatable bonds is 5. The Kier molecular flexibility index (Phi) is 4.15. The molecule has 0 atom stereocenters. The number of nitrogens with zero attached hydrogens (tertiary/aromatic N) is 1. The zero-order valence-corrected chi connectivity index (χ0v) is 10.3. The second-order valence-electron chi connectivity index (χ2n) is 3.84. The Morgan fingerprint density at radius 2 is 2.11 bits per heavy atom. The highest BCUT2D eigenvalue weighted by atomic mass is 16.5. The van der Waals surface area contributed by atoms with Gasteiger partial charge in [-0.05, 0) is 18.1 Å². The predicted molar refractivity (Wildman–Crippen MR) is 71.1 cm³/mol. The van der Waals surface area contributed by atoms with Gasteiger partial charge in [-0.2, -0.15) is 0 Å². The van der Waals surface area contributed by atoms with Crippen LogP contribution < -0.4 is 10.1 Å². The van der Waals surface area contributed by atoms with Gasteiger partial charge in [0.25, 0.3) is 0 Å². The Hall–Kier alpha value is -2.07. The third-order valence-corrected chi connectivity index (χ3v) is 2.58. The molecule has 0 fully saturated rings. The highest BCUT2D eigenvalue weighted by Crippen LogP contribution is 2.26. The summed E-state index contributed by atoms with van der Waals surface area (Å²) in [7, 11) is 1.83. The fourth-order valence-corrected chi connectivity index (χ4v) is 1.67. The second kappa shape index (κ2) is 6.02. The van der Waals surface area contributed by atoms with Crippen molar-refractivity contribution < 1.29 is 9.84 Å². The molecule has 0 aliphatic heterocycles. The molecular weight excluding hydrogens is 228 g/mol. The molecule has 1 aromatic heterocycles. The van der Waals surface area contributed by atoms with Crippen molar-refractivity contribution in [1.29, 1.82) is 0 Å². The van der Waals surface area contributed by atoms with Crippen molar-refractivity contribution in [3.63, 3.8) is 0 Å². The molecule has 0 unspecified atom stereocenters. The van der Waals surface area contributed by atoms with Crippen molar-refractivity contribution >= 4 is 5.69 Å². The lowest BCUT2D eigenvalue weighted by Gasteiger charge is -2.10. The minimum Gasteiger partial charge on any atom is -0.455 e. The van der Waals surface area contributed by atoms with Gasteiger partial charge in [-0.15, -0.1) is 0 Å². The molecule has 18 heavy (non-hydrogen) atoms. The first kappa shape index (κ1) is 12.4. The number of hydrogen-bond acceptors (Lipinski definition) is 4. The first-order valence-electron chi connectivity index (χ1n) is 5.83. The number of hydrogen-bond donors (Lipinski definition) is 2. The second-order valence-corrected chi connectivity index (χ2v) is 3.84. The predicted octanol–water partition coefficient (Wildman–Crippen LogP) is 2.45. The molecular formula is C14H16N2O2. The molecule has 0 bridgehead atoms. The van der Waals surface area contributed by atoms with E-state index >= 15 is 0 Å². The van der Waals surface area contributed by atoms with E-state index in [2.05, 4.69) is 10.3 Å². The van der Waals surface area contributed by atoms with E-state index in [-0.39, 0.29) is 6.61 Å². The molecule has 0 saturated heterocycles. The molecule has 1 heterocycles. The van der Waals surface area contributed by atoms with Crippen LogP contribution in [0.2, 0.25) is 0 Å². The van der Waals surface area contributed by atoms with Crippen LogP contribution in [0.5, 0.6) is 11.5 Å². The molecule has 0 spiro atoms. The third-order valence-electron chi connectivity index (χ3n) is 2.58.